The van der Waals surface area contributed by atoms with Gasteiger partial charge in [0.15, 0.2) is 0 Å². The third-order valence-electron chi connectivity index (χ3n) is 3.19. The van der Waals surface area contributed by atoms with Gasteiger partial charge in [-0.15, -0.1) is 0 Å². The van der Waals surface area contributed by atoms with E-state index in [0.717, 1.165) is 19.4 Å². The molecule has 7 heteroatoms. The number of unbranched alkanes of at least 4 members (excludes halogenated alkanes) is 1. The molecule has 0 amide bonds. The van der Waals surface area contributed by atoms with Crippen molar-refractivity contribution in [1.29, 1.82) is 0 Å². The van der Waals surface area contributed by atoms with E-state index in [-0.39, 0.29) is 4.90 Å². The van der Waals surface area contributed by atoms with E-state index in [1.165, 1.54) is 24.3 Å². The molecule has 0 saturated heterocycles. The molecule has 0 atom stereocenters. The van der Waals surface area contributed by atoms with Crippen LogP contribution in [0.5, 0.6) is 0 Å². The van der Waals surface area contributed by atoms with Crippen molar-refractivity contribution in [3.8, 4) is 0 Å². The van der Waals surface area contributed by atoms with Gasteiger partial charge in [-0.2, -0.15) is 0 Å². The normalized spacial score (nSPS) is 11.3. The zero-order valence-corrected chi connectivity index (χ0v) is 15.0. The van der Waals surface area contributed by atoms with E-state index in [2.05, 4.69) is 17.0 Å². The van der Waals surface area contributed by atoms with E-state index in [0.29, 0.717) is 21.4 Å². The Hall–Kier alpha value is -1.43. The molecule has 2 aromatic carbocycles. The zero-order chi connectivity index (χ0) is 16.9. The molecule has 0 spiro atoms. The molecular weight excluding hydrogens is 355 g/mol. The average Bonchev–Trinajstić information content (AvgIpc) is 2.51. The first-order valence-corrected chi connectivity index (χ1v) is 9.48. The summed E-state index contributed by atoms with van der Waals surface area (Å²) in [6.45, 7) is 2.88. The van der Waals surface area contributed by atoms with Crippen molar-refractivity contribution < 1.29 is 8.42 Å². The van der Waals surface area contributed by atoms with Crippen molar-refractivity contribution >= 4 is 44.6 Å². The number of sulfonamides is 1. The lowest BCUT2D eigenvalue weighted by Crippen LogP contribution is -2.13. The van der Waals surface area contributed by atoms with Gasteiger partial charge in [0.05, 0.1) is 21.3 Å². The lowest BCUT2D eigenvalue weighted by molar-refractivity contribution is 0.601. The first kappa shape index (κ1) is 17.9. The summed E-state index contributed by atoms with van der Waals surface area (Å²) in [5, 5.41) is 4.24. The Balaban J connectivity index is 2.18. The number of hydrogen-bond acceptors (Lipinski definition) is 3. The molecule has 0 saturated carbocycles. The Labute approximate surface area is 146 Å². The van der Waals surface area contributed by atoms with Crippen molar-refractivity contribution in [3.05, 3.63) is 52.5 Å². The fourth-order valence-electron chi connectivity index (χ4n) is 1.95. The van der Waals surface area contributed by atoms with E-state index in [9.17, 15) is 8.42 Å². The summed E-state index contributed by atoms with van der Waals surface area (Å²) < 4.78 is 27.3. The molecule has 0 aliphatic carbocycles. The van der Waals surface area contributed by atoms with Crippen LogP contribution in [0.15, 0.2) is 47.4 Å². The highest BCUT2D eigenvalue weighted by molar-refractivity contribution is 7.92. The highest BCUT2D eigenvalue weighted by Gasteiger charge is 2.14. The number of rotatable bonds is 7. The second kappa shape index (κ2) is 7.90. The van der Waals surface area contributed by atoms with Crippen LogP contribution in [0.1, 0.15) is 19.8 Å². The van der Waals surface area contributed by atoms with Gasteiger partial charge < -0.3 is 5.32 Å². The lowest BCUT2D eigenvalue weighted by atomic mass is 10.2. The van der Waals surface area contributed by atoms with Gasteiger partial charge in [0.2, 0.25) is 0 Å². The van der Waals surface area contributed by atoms with E-state index >= 15 is 0 Å². The molecule has 2 rings (SSSR count). The largest absolute Gasteiger partial charge is 0.384 e. The van der Waals surface area contributed by atoms with Crippen LogP contribution in [-0.2, 0) is 10.0 Å². The summed E-state index contributed by atoms with van der Waals surface area (Å²) in [5.74, 6) is 0. The van der Waals surface area contributed by atoms with Crippen molar-refractivity contribution in [2.45, 2.75) is 24.7 Å². The van der Waals surface area contributed by atoms with Gasteiger partial charge in [-0.25, -0.2) is 8.42 Å². The van der Waals surface area contributed by atoms with Gasteiger partial charge in [-0.05, 0) is 48.9 Å². The number of hydrogen-bond donors (Lipinski definition) is 2. The second-order valence-corrected chi connectivity index (χ2v) is 7.56. The van der Waals surface area contributed by atoms with Crippen LogP contribution >= 0.6 is 23.2 Å². The van der Waals surface area contributed by atoms with Crippen molar-refractivity contribution in [1.82, 2.24) is 0 Å². The van der Waals surface area contributed by atoms with Gasteiger partial charge in [-0.3, -0.25) is 4.72 Å². The Morgan fingerprint density at radius 3 is 2.39 bits per heavy atom. The van der Waals surface area contributed by atoms with Crippen LogP contribution in [0.3, 0.4) is 0 Å². The fraction of sp³-hybridized carbons (Fsp3) is 0.250. The predicted octanol–water partition coefficient (Wildman–Crippen LogP) is 5.01. The average molecular weight is 373 g/mol. The zero-order valence-electron chi connectivity index (χ0n) is 12.6. The van der Waals surface area contributed by atoms with Crippen LogP contribution in [0.25, 0.3) is 0 Å². The molecular formula is C16H18Cl2N2O2S. The standard InChI is InChI=1S/C16H18Cl2N2O2S/c1-2-3-10-19-16-11-13(6-9-15(16)18)20-23(21,22)14-7-4-12(17)5-8-14/h4-9,11,19-20H,2-3,10H2,1H3. The summed E-state index contributed by atoms with van der Waals surface area (Å²) >= 11 is 11.9. The Kier molecular flexibility index (Phi) is 6.16. The fourth-order valence-corrected chi connectivity index (χ4v) is 3.31. The molecule has 0 fully saturated rings. The van der Waals surface area contributed by atoms with Crippen LogP contribution < -0.4 is 10.0 Å². The van der Waals surface area contributed by atoms with Crippen LogP contribution in [0.2, 0.25) is 10.0 Å². The smallest absolute Gasteiger partial charge is 0.261 e. The van der Waals surface area contributed by atoms with Gasteiger partial charge in [0.1, 0.15) is 0 Å². The lowest BCUT2D eigenvalue weighted by Gasteiger charge is -2.12. The van der Waals surface area contributed by atoms with Gasteiger partial charge in [0.25, 0.3) is 10.0 Å². The molecule has 23 heavy (non-hydrogen) atoms. The Morgan fingerprint density at radius 1 is 1.04 bits per heavy atom. The molecule has 0 aliphatic heterocycles. The molecule has 2 aromatic rings. The molecule has 0 unspecified atom stereocenters. The van der Waals surface area contributed by atoms with Crippen molar-refractivity contribution in [2.24, 2.45) is 0 Å². The van der Waals surface area contributed by atoms with Crippen LogP contribution in [0, 0.1) is 0 Å². The summed E-state index contributed by atoms with van der Waals surface area (Å²) in [6.07, 6.45) is 2.07. The first-order valence-electron chi connectivity index (χ1n) is 7.24. The minimum absolute atomic E-state index is 0.150. The predicted molar refractivity (Wildman–Crippen MR) is 97.1 cm³/mol. The molecule has 0 bridgehead atoms. The number of anilines is 2. The second-order valence-electron chi connectivity index (χ2n) is 5.03. The minimum Gasteiger partial charge on any atom is -0.384 e. The molecule has 0 aliphatic rings. The minimum atomic E-state index is -3.66. The summed E-state index contributed by atoms with van der Waals surface area (Å²) in [5.41, 5.74) is 1.15. The van der Waals surface area contributed by atoms with Gasteiger partial charge >= 0.3 is 0 Å². The maximum absolute atomic E-state index is 12.4. The monoisotopic (exact) mass is 372 g/mol. The quantitative estimate of drug-likeness (QED) is 0.671. The summed E-state index contributed by atoms with van der Waals surface area (Å²) in [7, 11) is -3.66. The Bertz CT molecular complexity index is 762. The molecule has 4 nitrogen and oxygen atoms in total. The molecule has 0 radical (unpaired) electrons. The van der Waals surface area contributed by atoms with E-state index in [1.54, 1.807) is 18.2 Å². The van der Waals surface area contributed by atoms with Crippen LogP contribution in [0.4, 0.5) is 11.4 Å². The SMILES string of the molecule is CCCCNc1cc(NS(=O)(=O)c2ccc(Cl)cc2)ccc1Cl. The molecule has 0 aromatic heterocycles. The third kappa shape index (κ3) is 5.03. The van der Waals surface area contributed by atoms with E-state index in [4.69, 9.17) is 23.2 Å². The van der Waals surface area contributed by atoms with E-state index in [1.807, 2.05) is 0 Å². The number of halogens is 2. The Morgan fingerprint density at radius 2 is 1.74 bits per heavy atom. The van der Waals surface area contributed by atoms with E-state index < -0.39 is 10.0 Å². The number of nitrogens with one attached hydrogen (secondary N) is 2. The highest BCUT2D eigenvalue weighted by Crippen LogP contribution is 2.27. The molecule has 124 valence electrons. The van der Waals surface area contributed by atoms with Gasteiger partial charge in [0, 0.05) is 11.6 Å². The summed E-state index contributed by atoms with van der Waals surface area (Å²) in [4.78, 5) is 0.150. The molecule has 2 N–H and O–H groups in total. The third-order valence-corrected chi connectivity index (χ3v) is 5.17. The maximum atomic E-state index is 12.4. The highest BCUT2D eigenvalue weighted by atomic mass is 35.5. The molecule has 0 heterocycles. The van der Waals surface area contributed by atoms with Gasteiger partial charge in [-0.1, -0.05) is 36.5 Å². The first-order chi connectivity index (χ1) is 10.9. The maximum Gasteiger partial charge on any atom is 0.261 e. The van der Waals surface area contributed by atoms with Crippen LogP contribution in [-0.4, -0.2) is 15.0 Å². The van der Waals surface area contributed by atoms with Crippen molar-refractivity contribution in [2.75, 3.05) is 16.6 Å². The summed E-state index contributed by atoms with van der Waals surface area (Å²) in [6, 6.07) is 11.0. The number of benzene rings is 2. The van der Waals surface area contributed by atoms with Crippen molar-refractivity contribution in [3.63, 3.8) is 0 Å². The topological polar surface area (TPSA) is 58.2 Å².